The topological polar surface area (TPSA) is 15.3 Å². The Morgan fingerprint density at radius 2 is 1.90 bits per heavy atom. The highest BCUT2D eigenvalue weighted by Gasteiger charge is 2.24. The van der Waals surface area contributed by atoms with E-state index in [0.29, 0.717) is 5.41 Å². The summed E-state index contributed by atoms with van der Waals surface area (Å²) >= 11 is 0. The maximum atomic E-state index is 3.83. The number of hydrogen-bond donors (Lipinski definition) is 1. The van der Waals surface area contributed by atoms with Gasteiger partial charge in [0.05, 0.1) is 0 Å². The summed E-state index contributed by atoms with van der Waals surface area (Å²) in [7, 11) is 0. The Hall–Kier alpha value is -0.0800. The number of piperidine rings is 1. The minimum atomic E-state index is 0.583. The lowest BCUT2D eigenvalue weighted by Crippen LogP contribution is -2.39. The predicted octanol–water partition coefficient (Wildman–Crippen LogP) is 4.20. The standard InChI is InChI=1S/C18H36N2/c1-16-8-4-5-14-20(16)15-7-13-19-17-9-6-11-18(2,3)12-10-17/h16-17,19H,4-15H2,1-3H3. The molecule has 20 heavy (non-hydrogen) atoms. The second-order valence-corrected chi connectivity index (χ2v) is 7.98. The number of nitrogens with one attached hydrogen (secondary N) is 1. The molecule has 0 aromatic rings. The van der Waals surface area contributed by atoms with Gasteiger partial charge in [0.2, 0.25) is 0 Å². The van der Waals surface area contributed by atoms with E-state index in [0.717, 1.165) is 12.1 Å². The third-order valence-electron chi connectivity index (χ3n) is 5.57. The molecule has 1 heterocycles. The molecule has 1 aliphatic carbocycles. The average Bonchev–Trinajstić information content (AvgIpc) is 2.58. The number of nitrogens with zero attached hydrogens (tertiary/aromatic N) is 1. The van der Waals surface area contributed by atoms with Gasteiger partial charge in [-0.25, -0.2) is 0 Å². The third kappa shape index (κ3) is 5.37. The quantitative estimate of drug-likeness (QED) is 0.600. The molecule has 2 aliphatic rings. The summed E-state index contributed by atoms with van der Waals surface area (Å²) in [4.78, 5) is 2.70. The first-order chi connectivity index (χ1) is 9.57. The molecule has 0 radical (unpaired) electrons. The Labute approximate surface area is 126 Å². The summed E-state index contributed by atoms with van der Waals surface area (Å²) in [6, 6.07) is 1.61. The van der Waals surface area contributed by atoms with E-state index in [9.17, 15) is 0 Å². The van der Waals surface area contributed by atoms with Crippen molar-refractivity contribution in [2.45, 2.75) is 90.6 Å². The van der Waals surface area contributed by atoms with E-state index >= 15 is 0 Å². The van der Waals surface area contributed by atoms with Crippen LogP contribution in [0.1, 0.15) is 78.6 Å². The molecular formula is C18H36N2. The van der Waals surface area contributed by atoms with Crippen LogP contribution in [0.2, 0.25) is 0 Å². The van der Waals surface area contributed by atoms with Crippen molar-refractivity contribution in [1.29, 1.82) is 0 Å². The first-order valence-corrected chi connectivity index (χ1v) is 9.04. The summed E-state index contributed by atoms with van der Waals surface area (Å²) in [5, 5.41) is 3.83. The van der Waals surface area contributed by atoms with E-state index in [1.807, 2.05) is 0 Å². The van der Waals surface area contributed by atoms with Crippen LogP contribution in [0.4, 0.5) is 0 Å². The first kappa shape index (κ1) is 16.3. The molecule has 1 aliphatic heterocycles. The fourth-order valence-corrected chi connectivity index (χ4v) is 3.94. The Morgan fingerprint density at radius 1 is 1.05 bits per heavy atom. The summed E-state index contributed by atoms with van der Waals surface area (Å²) in [5.41, 5.74) is 0.583. The predicted molar refractivity (Wildman–Crippen MR) is 88.2 cm³/mol. The molecule has 0 aromatic carbocycles. The second kappa shape index (κ2) is 7.79. The molecule has 118 valence electrons. The molecule has 0 spiro atoms. The van der Waals surface area contributed by atoms with E-state index in [1.54, 1.807) is 0 Å². The second-order valence-electron chi connectivity index (χ2n) is 7.98. The lowest BCUT2D eigenvalue weighted by atomic mass is 9.85. The summed E-state index contributed by atoms with van der Waals surface area (Å²) < 4.78 is 0. The molecule has 0 aromatic heterocycles. The third-order valence-corrected chi connectivity index (χ3v) is 5.57. The van der Waals surface area contributed by atoms with E-state index in [-0.39, 0.29) is 0 Å². The van der Waals surface area contributed by atoms with Gasteiger partial charge in [0.25, 0.3) is 0 Å². The van der Waals surface area contributed by atoms with Gasteiger partial charge in [-0.3, -0.25) is 0 Å². The highest BCUT2D eigenvalue weighted by molar-refractivity contribution is 4.80. The lowest BCUT2D eigenvalue weighted by Gasteiger charge is -2.33. The molecule has 2 rings (SSSR count). The lowest BCUT2D eigenvalue weighted by molar-refractivity contribution is 0.158. The van der Waals surface area contributed by atoms with Crippen LogP contribution in [-0.4, -0.2) is 36.6 Å². The summed E-state index contributed by atoms with van der Waals surface area (Å²) in [6.45, 7) is 11.1. The fraction of sp³-hybridized carbons (Fsp3) is 1.00. The van der Waals surface area contributed by atoms with Crippen LogP contribution < -0.4 is 5.32 Å². The van der Waals surface area contributed by atoms with Crippen molar-refractivity contribution in [3.63, 3.8) is 0 Å². The van der Waals surface area contributed by atoms with Gasteiger partial charge in [0.1, 0.15) is 0 Å². The number of hydrogen-bond acceptors (Lipinski definition) is 2. The van der Waals surface area contributed by atoms with Gasteiger partial charge in [-0.2, -0.15) is 0 Å². The molecule has 2 unspecified atom stereocenters. The molecule has 1 N–H and O–H groups in total. The van der Waals surface area contributed by atoms with Crippen molar-refractivity contribution < 1.29 is 0 Å². The Balaban J connectivity index is 1.58. The van der Waals surface area contributed by atoms with Gasteiger partial charge in [0.15, 0.2) is 0 Å². The number of likely N-dealkylation sites (tertiary alicyclic amines) is 1. The maximum absolute atomic E-state index is 3.83. The molecule has 0 amide bonds. The van der Waals surface area contributed by atoms with Crippen molar-refractivity contribution >= 4 is 0 Å². The van der Waals surface area contributed by atoms with Crippen molar-refractivity contribution in [2.75, 3.05) is 19.6 Å². The molecule has 2 heteroatoms. The van der Waals surface area contributed by atoms with Gasteiger partial charge in [-0.1, -0.05) is 26.7 Å². The zero-order valence-electron chi connectivity index (χ0n) is 14.1. The van der Waals surface area contributed by atoms with Gasteiger partial charge in [-0.15, -0.1) is 0 Å². The Kier molecular flexibility index (Phi) is 6.35. The van der Waals surface area contributed by atoms with Crippen molar-refractivity contribution in [3.05, 3.63) is 0 Å². The minimum Gasteiger partial charge on any atom is -0.314 e. The van der Waals surface area contributed by atoms with Crippen molar-refractivity contribution in [3.8, 4) is 0 Å². The molecular weight excluding hydrogens is 244 g/mol. The maximum Gasteiger partial charge on any atom is 0.00672 e. The van der Waals surface area contributed by atoms with E-state index in [2.05, 4.69) is 31.0 Å². The molecule has 1 saturated heterocycles. The van der Waals surface area contributed by atoms with E-state index in [1.165, 1.54) is 77.4 Å². The van der Waals surface area contributed by atoms with Gasteiger partial charge >= 0.3 is 0 Å². The van der Waals surface area contributed by atoms with Crippen LogP contribution in [0.3, 0.4) is 0 Å². The zero-order chi connectivity index (χ0) is 14.4. The SMILES string of the molecule is CC1CCCCN1CCCNC1CCCC(C)(C)CC1. The van der Waals surface area contributed by atoms with Crippen LogP contribution >= 0.6 is 0 Å². The molecule has 1 saturated carbocycles. The first-order valence-electron chi connectivity index (χ1n) is 9.04. The number of rotatable bonds is 5. The van der Waals surface area contributed by atoms with Crippen LogP contribution in [-0.2, 0) is 0 Å². The van der Waals surface area contributed by atoms with Crippen molar-refractivity contribution in [1.82, 2.24) is 10.2 Å². The minimum absolute atomic E-state index is 0.583. The van der Waals surface area contributed by atoms with E-state index in [4.69, 9.17) is 0 Å². The Bertz CT molecular complexity index is 275. The monoisotopic (exact) mass is 280 g/mol. The molecule has 2 nitrogen and oxygen atoms in total. The van der Waals surface area contributed by atoms with Crippen LogP contribution in [0, 0.1) is 5.41 Å². The van der Waals surface area contributed by atoms with Crippen LogP contribution in [0.25, 0.3) is 0 Å². The highest BCUT2D eigenvalue weighted by Crippen LogP contribution is 2.33. The van der Waals surface area contributed by atoms with Gasteiger partial charge in [-0.05, 0) is 76.9 Å². The molecule has 2 fully saturated rings. The molecule has 0 bridgehead atoms. The van der Waals surface area contributed by atoms with Crippen LogP contribution in [0.15, 0.2) is 0 Å². The summed E-state index contributed by atoms with van der Waals surface area (Å²) in [5.74, 6) is 0. The molecule has 2 atom stereocenters. The largest absolute Gasteiger partial charge is 0.314 e. The Morgan fingerprint density at radius 3 is 2.70 bits per heavy atom. The van der Waals surface area contributed by atoms with Crippen molar-refractivity contribution in [2.24, 2.45) is 5.41 Å². The van der Waals surface area contributed by atoms with Crippen LogP contribution in [0.5, 0.6) is 0 Å². The normalized spacial score (nSPS) is 31.9. The highest BCUT2D eigenvalue weighted by atomic mass is 15.2. The van der Waals surface area contributed by atoms with E-state index < -0.39 is 0 Å². The van der Waals surface area contributed by atoms with Gasteiger partial charge < -0.3 is 10.2 Å². The fourth-order valence-electron chi connectivity index (χ4n) is 3.94. The summed E-state index contributed by atoms with van der Waals surface area (Å²) in [6.07, 6.45) is 12.6. The zero-order valence-corrected chi connectivity index (χ0v) is 14.1. The average molecular weight is 281 g/mol. The van der Waals surface area contributed by atoms with Gasteiger partial charge in [0, 0.05) is 12.1 Å². The smallest absolute Gasteiger partial charge is 0.00672 e.